The summed E-state index contributed by atoms with van der Waals surface area (Å²) in [5.41, 5.74) is 1.61. The van der Waals surface area contributed by atoms with E-state index in [2.05, 4.69) is 0 Å². The largest absolute Gasteiger partial charge is 0.305 e. The van der Waals surface area contributed by atoms with Gasteiger partial charge in [0.25, 0.3) is 0 Å². The van der Waals surface area contributed by atoms with Gasteiger partial charge in [0, 0.05) is 11.9 Å². The standard InChI is InChI=1S/C11H13N3O2/c1-12(2)7-9-8-13(14(15)16)11-6-4-3-5-10(9)11/h3-6,8H,7H2,1-2H3. The van der Waals surface area contributed by atoms with E-state index in [0.29, 0.717) is 12.1 Å². The molecule has 0 amide bonds. The first-order valence-electron chi connectivity index (χ1n) is 4.98. The minimum absolute atomic E-state index is 0.401. The van der Waals surface area contributed by atoms with Crippen LogP contribution < -0.4 is 0 Å². The molecule has 1 heterocycles. The Kier molecular flexibility index (Phi) is 2.62. The van der Waals surface area contributed by atoms with Crippen molar-refractivity contribution in [2.45, 2.75) is 6.54 Å². The molecule has 5 nitrogen and oxygen atoms in total. The number of nitrogens with zero attached hydrogens (tertiary/aromatic N) is 3. The van der Waals surface area contributed by atoms with E-state index in [9.17, 15) is 10.1 Å². The maximum absolute atomic E-state index is 10.9. The lowest BCUT2D eigenvalue weighted by atomic mass is 10.2. The number of nitro groups is 1. The normalized spacial score (nSPS) is 11.2. The van der Waals surface area contributed by atoms with Crippen LogP contribution in [0.4, 0.5) is 0 Å². The zero-order valence-electron chi connectivity index (χ0n) is 9.25. The molecule has 0 bridgehead atoms. The van der Waals surface area contributed by atoms with Crippen molar-refractivity contribution in [2.24, 2.45) is 0 Å². The fourth-order valence-corrected chi connectivity index (χ4v) is 1.83. The summed E-state index contributed by atoms with van der Waals surface area (Å²) in [5.74, 6) is 0. The van der Waals surface area contributed by atoms with Crippen LogP contribution in [0.15, 0.2) is 30.5 Å². The van der Waals surface area contributed by atoms with Crippen LogP contribution in [0.25, 0.3) is 10.9 Å². The van der Waals surface area contributed by atoms with Gasteiger partial charge in [-0.25, -0.2) is 10.1 Å². The van der Waals surface area contributed by atoms with E-state index in [1.54, 1.807) is 12.3 Å². The predicted molar refractivity (Wildman–Crippen MR) is 61.7 cm³/mol. The number of rotatable bonds is 3. The second-order valence-corrected chi connectivity index (χ2v) is 3.99. The molecule has 0 N–H and O–H groups in total. The highest BCUT2D eigenvalue weighted by Gasteiger charge is 2.14. The Labute approximate surface area is 93.0 Å². The summed E-state index contributed by atoms with van der Waals surface area (Å²) in [7, 11) is 3.89. The third kappa shape index (κ3) is 1.77. The monoisotopic (exact) mass is 219 g/mol. The van der Waals surface area contributed by atoms with Gasteiger partial charge in [-0.05, 0) is 25.7 Å². The van der Waals surface area contributed by atoms with Crippen molar-refractivity contribution in [3.63, 3.8) is 0 Å². The molecular weight excluding hydrogens is 206 g/mol. The summed E-state index contributed by atoms with van der Waals surface area (Å²) in [5, 5.41) is 11.4. The van der Waals surface area contributed by atoms with Crippen molar-refractivity contribution in [2.75, 3.05) is 14.1 Å². The lowest BCUT2D eigenvalue weighted by Gasteiger charge is -2.07. The second kappa shape index (κ2) is 3.94. The van der Waals surface area contributed by atoms with Gasteiger partial charge in [0.05, 0.1) is 6.20 Å². The number of para-hydroxylation sites is 1. The van der Waals surface area contributed by atoms with Crippen LogP contribution in [0, 0.1) is 10.1 Å². The van der Waals surface area contributed by atoms with E-state index in [-0.39, 0.29) is 0 Å². The quantitative estimate of drug-likeness (QED) is 0.583. The molecule has 0 aliphatic rings. The number of hydrogen-bond donors (Lipinski definition) is 0. The van der Waals surface area contributed by atoms with E-state index in [1.807, 2.05) is 37.2 Å². The van der Waals surface area contributed by atoms with E-state index in [0.717, 1.165) is 15.6 Å². The number of benzene rings is 1. The minimum Gasteiger partial charge on any atom is -0.305 e. The molecule has 0 aliphatic carbocycles. The SMILES string of the molecule is CN(C)Cc1cn([N+](=O)[O-])c2ccccc12. The van der Waals surface area contributed by atoms with Crippen LogP contribution >= 0.6 is 0 Å². The Balaban J connectivity index is 2.62. The van der Waals surface area contributed by atoms with Crippen LogP contribution in [-0.4, -0.2) is 28.7 Å². The summed E-state index contributed by atoms with van der Waals surface area (Å²) in [6, 6.07) is 7.37. The second-order valence-electron chi connectivity index (χ2n) is 3.99. The Bertz CT molecular complexity index is 531. The molecule has 2 aromatic rings. The van der Waals surface area contributed by atoms with Crippen molar-refractivity contribution in [1.29, 1.82) is 0 Å². The Morgan fingerprint density at radius 3 is 2.69 bits per heavy atom. The summed E-state index contributed by atoms with van der Waals surface area (Å²) in [6.45, 7) is 0.696. The van der Waals surface area contributed by atoms with Gasteiger partial charge in [0.1, 0.15) is 5.52 Å². The van der Waals surface area contributed by atoms with Crippen molar-refractivity contribution in [1.82, 2.24) is 9.58 Å². The highest BCUT2D eigenvalue weighted by Crippen LogP contribution is 2.21. The number of hydrogen-bond acceptors (Lipinski definition) is 3. The zero-order chi connectivity index (χ0) is 11.7. The molecule has 84 valence electrons. The molecule has 0 saturated carbocycles. The summed E-state index contributed by atoms with van der Waals surface area (Å²) >= 11 is 0. The number of aromatic nitrogens is 1. The molecular formula is C11H13N3O2. The molecule has 0 fully saturated rings. The molecule has 16 heavy (non-hydrogen) atoms. The van der Waals surface area contributed by atoms with E-state index in [1.165, 1.54) is 0 Å². The van der Waals surface area contributed by atoms with Crippen molar-refractivity contribution in [3.8, 4) is 0 Å². The molecule has 0 radical (unpaired) electrons. The van der Waals surface area contributed by atoms with Crippen LogP contribution in [0.3, 0.4) is 0 Å². The maximum atomic E-state index is 10.9. The zero-order valence-corrected chi connectivity index (χ0v) is 9.25. The van der Waals surface area contributed by atoms with E-state index < -0.39 is 5.03 Å². The first-order chi connectivity index (χ1) is 7.59. The van der Waals surface area contributed by atoms with Gasteiger partial charge >= 0.3 is 0 Å². The van der Waals surface area contributed by atoms with Crippen molar-refractivity contribution < 1.29 is 5.03 Å². The first-order valence-corrected chi connectivity index (χ1v) is 4.98. The molecule has 0 atom stereocenters. The fourth-order valence-electron chi connectivity index (χ4n) is 1.83. The predicted octanol–water partition coefficient (Wildman–Crippen LogP) is 1.74. The smallest absolute Gasteiger partial charge is 0.169 e. The molecule has 0 saturated heterocycles. The average molecular weight is 219 g/mol. The van der Waals surface area contributed by atoms with Crippen molar-refractivity contribution in [3.05, 3.63) is 46.1 Å². The molecule has 1 aromatic carbocycles. The summed E-state index contributed by atoms with van der Waals surface area (Å²) in [6.07, 6.45) is 1.59. The van der Waals surface area contributed by atoms with Crippen LogP contribution in [0.5, 0.6) is 0 Å². The summed E-state index contributed by atoms with van der Waals surface area (Å²) in [4.78, 5) is 12.9. The first kappa shape index (κ1) is 10.6. The third-order valence-electron chi connectivity index (χ3n) is 2.44. The van der Waals surface area contributed by atoms with Crippen LogP contribution in [0.1, 0.15) is 5.56 Å². The topological polar surface area (TPSA) is 51.3 Å². The van der Waals surface area contributed by atoms with E-state index in [4.69, 9.17) is 0 Å². The van der Waals surface area contributed by atoms with Gasteiger partial charge in [-0.2, -0.15) is 0 Å². The van der Waals surface area contributed by atoms with Crippen LogP contribution in [-0.2, 0) is 6.54 Å². The van der Waals surface area contributed by atoms with Crippen LogP contribution in [0.2, 0.25) is 0 Å². The van der Waals surface area contributed by atoms with Gasteiger partial charge in [0.2, 0.25) is 0 Å². The Morgan fingerprint density at radius 1 is 1.38 bits per heavy atom. The lowest BCUT2D eigenvalue weighted by molar-refractivity contribution is -0.537. The lowest BCUT2D eigenvalue weighted by Crippen LogP contribution is -2.10. The van der Waals surface area contributed by atoms with Gasteiger partial charge in [-0.3, -0.25) is 0 Å². The Hall–Kier alpha value is -1.88. The molecule has 5 heteroatoms. The molecule has 0 spiro atoms. The molecule has 1 aromatic heterocycles. The highest BCUT2D eigenvalue weighted by atomic mass is 16.7. The molecule has 0 aliphatic heterocycles. The number of fused-ring (bicyclic) bond motifs is 1. The van der Waals surface area contributed by atoms with Gasteiger partial charge in [-0.1, -0.05) is 22.9 Å². The highest BCUT2D eigenvalue weighted by molar-refractivity contribution is 5.83. The molecule has 0 unspecified atom stereocenters. The average Bonchev–Trinajstić information content (AvgIpc) is 2.57. The minimum atomic E-state index is -0.401. The Morgan fingerprint density at radius 2 is 2.06 bits per heavy atom. The van der Waals surface area contributed by atoms with Crippen molar-refractivity contribution >= 4 is 10.9 Å². The fraction of sp³-hybridized carbons (Fsp3) is 0.273. The maximum Gasteiger partial charge on any atom is 0.169 e. The van der Waals surface area contributed by atoms with Gasteiger partial charge in [0.15, 0.2) is 5.03 Å². The van der Waals surface area contributed by atoms with Gasteiger partial charge in [-0.15, -0.1) is 0 Å². The third-order valence-corrected chi connectivity index (χ3v) is 2.44. The molecule has 2 rings (SSSR count). The van der Waals surface area contributed by atoms with Gasteiger partial charge < -0.3 is 4.90 Å². The summed E-state index contributed by atoms with van der Waals surface area (Å²) < 4.78 is 1.08. The van der Waals surface area contributed by atoms with E-state index >= 15 is 0 Å².